The summed E-state index contributed by atoms with van der Waals surface area (Å²) < 4.78 is 0. The molecule has 56 valence electrons. The Bertz CT molecular complexity index is 154. The molecular formula is C6H10N2O2. The third-order valence-corrected chi connectivity index (χ3v) is 0.943. The van der Waals surface area contributed by atoms with Crippen LogP contribution in [0, 0.1) is 5.41 Å². The van der Waals surface area contributed by atoms with Crippen molar-refractivity contribution in [3.63, 3.8) is 0 Å². The maximum Gasteiger partial charge on any atom is 0.303 e. The van der Waals surface area contributed by atoms with Crippen molar-refractivity contribution in [3.8, 4) is 0 Å². The van der Waals surface area contributed by atoms with Gasteiger partial charge in [0, 0.05) is 5.71 Å². The highest BCUT2D eigenvalue weighted by molar-refractivity contribution is 5.86. The summed E-state index contributed by atoms with van der Waals surface area (Å²) in [4.78, 5) is 13.4. The van der Waals surface area contributed by atoms with Crippen LogP contribution in [0.15, 0.2) is 4.99 Å². The smallest absolute Gasteiger partial charge is 0.303 e. The molecule has 0 unspecified atom stereocenters. The fourth-order valence-electron chi connectivity index (χ4n) is 0.472. The van der Waals surface area contributed by atoms with E-state index in [1.54, 1.807) is 0 Å². The zero-order valence-electron chi connectivity index (χ0n) is 5.63. The Balaban J connectivity index is 3.39. The fraction of sp³-hybridized carbons (Fsp3) is 0.500. The molecule has 0 aromatic rings. The monoisotopic (exact) mass is 142 g/mol. The van der Waals surface area contributed by atoms with Crippen LogP contribution in [0.2, 0.25) is 0 Å². The average Bonchev–Trinajstić information content (AvgIpc) is 1.85. The van der Waals surface area contributed by atoms with E-state index in [0.29, 0.717) is 5.71 Å². The molecule has 0 fully saturated rings. The number of aliphatic imine (C=N–C) groups is 1. The molecule has 0 rings (SSSR count). The van der Waals surface area contributed by atoms with Gasteiger partial charge in [-0.3, -0.25) is 9.79 Å². The molecule has 0 aromatic heterocycles. The minimum Gasteiger partial charge on any atom is -0.481 e. The topological polar surface area (TPSA) is 73.5 Å². The molecule has 4 nitrogen and oxygen atoms in total. The maximum atomic E-state index is 9.97. The second kappa shape index (κ2) is 4.67. The van der Waals surface area contributed by atoms with E-state index in [9.17, 15) is 4.79 Å². The summed E-state index contributed by atoms with van der Waals surface area (Å²) in [6, 6.07) is 0. The van der Waals surface area contributed by atoms with Crippen molar-refractivity contribution in [2.75, 3.05) is 6.54 Å². The first-order valence-electron chi connectivity index (χ1n) is 2.87. The minimum atomic E-state index is -0.881. The number of hydrogen-bond donors (Lipinski definition) is 2. The van der Waals surface area contributed by atoms with Crippen LogP contribution in [0.3, 0.4) is 0 Å². The predicted molar refractivity (Wildman–Crippen MR) is 39.0 cm³/mol. The van der Waals surface area contributed by atoms with E-state index in [4.69, 9.17) is 10.5 Å². The van der Waals surface area contributed by atoms with E-state index in [1.807, 2.05) is 0 Å². The molecule has 10 heavy (non-hydrogen) atoms. The lowest BCUT2D eigenvalue weighted by molar-refractivity contribution is -0.136. The van der Waals surface area contributed by atoms with Gasteiger partial charge in [-0.15, -0.1) is 0 Å². The SMILES string of the molecule is C=NCC(=N)CCC(=O)O. The zero-order chi connectivity index (χ0) is 7.98. The summed E-state index contributed by atoms with van der Waals surface area (Å²) in [7, 11) is 0. The van der Waals surface area contributed by atoms with Crippen LogP contribution in [0.1, 0.15) is 12.8 Å². The van der Waals surface area contributed by atoms with Crippen molar-refractivity contribution >= 4 is 18.4 Å². The van der Waals surface area contributed by atoms with Gasteiger partial charge in [0.25, 0.3) is 0 Å². The maximum absolute atomic E-state index is 9.97. The Labute approximate surface area is 59.1 Å². The molecule has 0 aliphatic heterocycles. The summed E-state index contributed by atoms with van der Waals surface area (Å²) in [6.07, 6.45) is 0.280. The van der Waals surface area contributed by atoms with Gasteiger partial charge in [0.2, 0.25) is 0 Å². The lowest BCUT2D eigenvalue weighted by Gasteiger charge is -1.94. The number of carbonyl (C=O) groups is 1. The first kappa shape index (κ1) is 8.81. The molecule has 0 heterocycles. The fourth-order valence-corrected chi connectivity index (χ4v) is 0.472. The molecule has 0 aliphatic carbocycles. The van der Waals surface area contributed by atoms with Crippen LogP contribution in [0.4, 0.5) is 0 Å². The van der Waals surface area contributed by atoms with Crippen molar-refractivity contribution in [2.45, 2.75) is 12.8 Å². The lowest BCUT2D eigenvalue weighted by Crippen LogP contribution is -2.04. The standard InChI is InChI=1S/C6H10N2O2/c1-8-4-5(7)2-3-6(9)10/h7H,1-4H2,(H,9,10). The third-order valence-electron chi connectivity index (χ3n) is 0.943. The summed E-state index contributed by atoms with van der Waals surface area (Å²) >= 11 is 0. The van der Waals surface area contributed by atoms with Gasteiger partial charge < -0.3 is 10.5 Å². The number of carboxylic acids is 1. The number of hydrogen-bond acceptors (Lipinski definition) is 3. The van der Waals surface area contributed by atoms with Crippen LogP contribution in [0.25, 0.3) is 0 Å². The molecule has 0 amide bonds. The largest absolute Gasteiger partial charge is 0.481 e. The predicted octanol–water partition coefficient (Wildman–Crippen LogP) is 0.572. The average molecular weight is 142 g/mol. The van der Waals surface area contributed by atoms with Gasteiger partial charge in [-0.1, -0.05) is 0 Å². The van der Waals surface area contributed by atoms with Gasteiger partial charge in [0.15, 0.2) is 0 Å². The molecule has 0 atom stereocenters. The summed E-state index contributed by atoms with van der Waals surface area (Å²) in [6.45, 7) is 3.43. The number of nitrogens with one attached hydrogen (secondary N) is 1. The zero-order valence-corrected chi connectivity index (χ0v) is 5.63. The highest BCUT2D eigenvalue weighted by atomic mass is 16.4. The first-order valence-corrected chi connectivity index (χ1v) is 2.87. The highest BCUT2D eigenvalue weighted by Crippen LogP contribution is 1.90. The van der Waals surface area contributed by atoms with Gasteiger partial charge >= 0.3 is 5.97 Å². The number of nitrogens with zero attached hydrogens (tertiary/aromatic N) is 1. The Hall–Kier alpha value is -1.19. The molecule has 2 N–H and O–H groups in total. The van der Waals surface area contributed by atoms with Gasteiger partial charge in [-0.05, 0) is 13.1 Å². The molecule has 0 radical (unpaired) electrons. The number of rotatable bonds is 5. The molecule has 0 bridgehead atoms. The molecule has 0 aromatic carbocycles. The summed E-state index contributed by atoms with van der Waals surface area (Å²) in [5.41, 5.74) is 0.317. The first-order chi connectivity index (χ1) is 4.66. The molecular weight excluding hydrogens is 132 g/mol. The van der Waals surface area contributed by atoms with Gasteiger partial charge in [0.1, 0.15) is 0 Å². The van der Waals surface area contributed by atoms with E-state index < -0.39 is 5.97 Å². The van der Waals surface area contributed by atoms with Crippen molar-refractivity contribution in [1.29, 1.82) is 5.41 Å². The van der Waals surface area contributed by atoms with Gasteiger partial charge in [0.05, 0.1) is 13.0 Å². The van der Waals surface area contributed by atoms with E-state index in [2.05, 4.69) is 11.7 Å². The van der Waals surface area contributed by atoms with Crippen molar-refractivity contribution in [2.24, 2.45) is 4.99 Å². The summed E-state index contributed by atoms with van der Waals surface area (Å²) in [5.74, 6) is -0.881. The highest BCUT2D eigenvalue weighted by Gasteiger charge is 1.99. The third kappa shape index (κ3) is 4.96. The summed E-state index contributed by atoms with van der Waals surface area (Å²) in [5, 5.41) is 15.3. The Morgan fingerprint density at radius 1 is 1.60 bits per heavy atom. The Morgan fingerprint density at radius 3 is 2.60 bits per heavy atom. The number of carboxylic acid groups (broad SMARTS) is 1. The van der Waals surface area contributed by atoms with E-state index in [1.165, 1.54) is 0 Å². The molecule has 0 spiro atoms. The molecule has 0 saturated carbocycles. The van der Waals surface area contributed by atoms with Crippen LogP contribution in [-0.4, -0.2) is 30.0 Å². The molecule has 0 saturated heterocycles. The van der Waals surface area contributed by atoms with Crippen LogP contribution in [-0.2, 0) is 4.79 Å². The van der Waals surface area contributed by atoms with Crippen LogP contribution >= 0.6 is 0 Å². The second-order valence-corrected chi connectivity index (χ2v) is 1.88. The van der Waals surface area contributed by atoms with E-state index in [0.717, 1.165) is 0 Å². The molecule has 0 aliphatic rings. The normalized spacial score (nSPS) is 8.80. The molecule has 4 heteroatoms. The lowest BCUT2D eigenvalue weighted by atomic mass is 10.2. The quantitative estimate of drug-likeness (QED) is 0.551. The Morgan fingerprint density at radius 2 is 2.20 bits per heavy atom. The Kier molecular flexibility index (Phi) is 4.11. The van der Waals surface area contributed by atoms with Crippen molar-refractivity contribution in [3.05, 3.63) is 0 Å². The second-order valence-electron chi connectivity index (χ2n) is 1.88. The number of aliphatic carboxylic acids is 1. The van der Waals surface area contributed by atoms with Crippen molar-refractivity contribution < 1.29 is 9.90 Å². The van der Waals surface area contributed by atoms with Gasteiger partial charge in [-0.2, -0.15) is 0 Å². The van der Waals surface area contributed by atoms with Gasteiger partial charge in [-0.25, -0.2) is 0 Å². The van der Waals surface area contributed by atoms with Crippen LogP contribution < -0.4 is 0 Å². The van der Waals surface area contributed by atoms with E-state index >= 15 is 0 Å². The minimum absolute atomic E-state index is 0.00829. The van der Waals surface area contributed by atoms with Crippen molar-refractivity contribution in [1.82, 2.24) is 0 Å². The van der Waals surface area contributed by atoms with Crippen LogP contribution in [0.5, 0.6) is 0 Å². The van der Waals surface area contributed by atoms with E-state index in [-0.39, 0.29) is 19.4 Å².